The van der Waals surface area contributed by atoms with Crippen LogP contribution in [0.5, 0.6) is 11.5 Å². The van der Waals surface area contributed by atoms with E-state index in [4.69, 9.17) is 9.47 Å². The van der Waals surface area contributed by atoms with Crippen LogP contribution in [0, 0.1) is 0 Å². The first-order valence-electron chi connectivity index (χ1n) is 5.88. The van der Waals surface area contributed by atoms with E-state index < -0.39 is 0 Å². The second-order valence-corrected chi connectivity index (χ2v) is 5.13. The second kappa shape index (κ2) is 5.74. The fourth-order valence-corrected chi connectivity index (χ4v) is 2.95. The van der Waals surface area contributed by atoms with Gasteiger partial charge in [-0.3, -0.25) is 0 Å². The lowest BCUT2D eigenvalue weighted by molar-refractivity contribution is 0.353. The smallest absolute Gasteiger partial charge is 0.161 e. The van der Waals surface area contributed by atoms with E-state index in [1.54, 1.807) is 14.2 Å². The summed E-state index contributed by atoms with van der Waals surface area (Å²) in [7, 11) is 3.33. The zero-order chi connectivity index (χ0) is 12.3. The Kier molecular flexibility index (Phi) is 4.29. The maximum Gasteiger partial charge on any atom is 0.161 e. The number of piperidine rings is 1. The van der Waals surface area contributed by atoms with Crippen LogP contribution in [0.25, 0.3) is 0 Å². The molecule has 0 radical (unpaired) electrons. The molecule has 0 saturated carbocycles. The predicted octanol–water partition coefficient (Wildman–Crippen LogP) is 2.93. The van der Waals surface area contributed by atoms with Gasteiger partial charge in [0.25, 0.3) is 0 Å². The zero-order valence-corrected chi connectivity index (χ0v) is 11.8. The highest BCUT2D eigenvalue weighted by Crippen LogP contribution is 2.38. The molecule has 0 aliphatic carbocycles. The molecule has 1 N–H and O–H groups in total. The summed E-state index contributed by atoms with van der Waals surface area (Å²) in [5, 5.41) is 3.43. The van der Waals surface area contributed by atoms with Gasteiger partial charge in [-0.15, -0.1) is 0 Å². The molecular formula is C13H18BrNO2. The molecule has 1 aromatic rings. The summed E-state index contributed by atoms with van der Waals surface area (Å²) in [5.41, 5.74) is 1.30. The van der Waals surface area contributed by atoms with Crippen LogP contribution in [0.3, 0.4) is 0 Å². The summed E-state index contributed by atoms with van der Waals surface area (Å²) in [6.07, 6.45) is 2.45. The Labute approximate surface area is 111 Å². The standard InChI is InChI=1S/C13H18BrNO2/c1-16-12-6-10(9-4-3-5-15-8-9)11(14)7-13(12)17-2/h6-7,9,15H,3-5,8H2,1-2H3/t9-/m1/s1. The van der Waals surface area contributed by atoms with Crippen molar-refractivity contribution in [2.75, 3.05) is 27.3 Å². The molecule has 17 heavy (non-hydrogen) atoms. The van der Waals surface area contributed by atoms with Crippen LogP contribution in [0.15, 0.2) is 16.6 Å². The summed E-state index contributed by atoms with van der Waals surface area (Å²) < 4.78 is 11.7. The third kappa shape index (κ3) is 2.75. The molecule has 3 nitrogen and oxygen atoms in total. The van der Waals surface area contributed by atoms with Crippen LogP contribution in [0.1, 0.15) is 24.3 Å². The van der Waals surface area contributed by atoms with Crippen molar-refractivity contribution >= 4 is 15.9 Å². The summed E-state index contributed by atoms with van der Waals surface area (Å²) in [6, 6.07) is 4.07. The van der Waals surface area contributed by atoms with E-state index in [1.165, 1.54) is 18.4 Å². The molecule has 1 saturated heterocycles. The first-order chi connectivity index (χ1) is 8.26. The largest absolute Gasteiger partial charge is 0.493 e. The molecule has 0 bridgehead atoms. The molecule has 4 heteroatoms. The number of hydrogen-bond donors (Lipinski definition) is 1. The Bertz CT molecular complexity index is 389. The Hall–Kier alpha value is -0.740. The average Bonchev–Trinajstić information content (AvgIpc) is 2.39. The minimum absolute atomic E-state index is 0.554. The molecule has 1 fully saturated rings. The van der Waals surface area contributed by atoms with Crippen LogP contribution in [-0.2, 0) is 0 Å². The van der Waals surface area contributed by atoms with Crippen molar-refractivity contribution in [2.24, 2.45) is 0 Å². The van der Waals surface area contributed by atoms with E-state index in [-0.39, 0.29) is 0 Å². The third-order valence-corrected chi connectivity index (χ3v) is 3.93. The maximum atomic E-state index is 5.36. The Morgan fingerprint density at radius 3 is 2.53 bits per heavy atom. The molecule has 1 atom stereocenters. The van der Waals surface area contributed by atoms with Crippen molar-refractivity contribution in [3.63, 3.8) is 0 Å². The number of ether oxygens (including phenoxy) is 2. The number of methoxy groups -OCH3 is 2. The van der Waals surface area contributed by atoms with E-state index >= 15 is 0 Å². The number of nitrogens with one attached hydrogen (secondary N) is 1. The Balaban J connectivity index is 2.32. The summed E-state index contributed by atoms with van der Waals surface area (Å²) in [6.45, 7) is 2.16. The monoisotopic (exact) mass is 299 g/mol. The molecule has 94 valence electrons. The van der Waals surface area contributed by atoms with E-state index in [1.807, 2.05) is 6.07 Å². The van der Waals surface area contributed by atoms with Crippen molar-refractivity contribution in [1.82, 2.24) is 5.32 Å². The van der Waals surface area contributed by atoms with Crippen molar-refractivity contribution in [3.05, 3.63) is 22.2 Å². The molecule has 0 unspecified atom stereocenters. The first-order valence-corrected chi connectivity index (χ1v) is 6.67. The SMILES string of the molecule is COc1cc(Br)c([C@@H]2CCCNC2)cc1OC. The highest BCUT2D eigenvalue weighted by molar-refractivity contribution is 9.10. The summed E-state index contributed by atoms with van der Waals surface area (Å²) in [4.78, 5) is 0. The highest BCUT2D eigenvalue weighted by Gasteiger charge is 2.20. The van der Waals surface area contributed by atoms with Crippen molar-refractivity contribution in [2.45, 2.75) is 18.8 Å². The van der Waals surface area contributed by atoms with Crippen LogP contribution in [0.4, 0.5) is 0 Å². The predicted molar refractivity (Wildman–Crippen MR) is 72.1 cm³/mol. The molecule has 0 spiro atoms. The fourth-order valence-electron chi connectivity index (χ4n) is 2.30. The lowest BCUT2D eigenvalue weighted by Crippen LogP contribution is -2.28. The van der Waals surface area contributed by atoms with Gasteiger partial charge in [-0.25, -0.2) is 0 Å². The summed E-state index contributed by atoms with van der Waals surface area (Å²) >= 11 is 3.62. The quantitative estimate of drug-likeness (QED) is 0.931. The van der Waals surface area contributed by atoms with Gasteiger partial charge in [-0.05, 0) is 43.0 Å². The third-order valence-electron chi connectivity index (χ3n) is 3.24. The molecule has 1 heterocycles. The lowest BCUT2D eigenvalue weighted by Gasteiger charge is -2.25. The molecule has 1 aliphatic rings. The van der Waals surface area contributed by atoms with Crippen LogP contribution in [0.2, 0.25) is 0 Å². The minimum atomic E-state index is 0.554. The average molecular weight is 300 g/mol. The van der Waals surface area contributed by atoms with Crippen LogP contribution >= 0.6 is 15.9 Å². The second-order valence-electron chi connectivity index (χ2n) is 4.27. The van der Waals surface area contributed by atoms with Gasteiger partial charge in [-0.1, -0.05) is 15.9 Å². The number of hydrogen-bond acceptors (Lipinski definition) is 3. The first kappa shape index (κ1) is 12.7. The number of benzene rings is 1. The van der Waals surface area contributed by atoms with Gasteiger partial charge in [0.1, 0.15) is 0 Å². The molecule has 1 aliphatic heterocycles. The molecule has 1 aromatic carbocycles. The van der Waals surface area contributed by atoms with Gasteiger partial charge in [0.2, 0.25) is 0 Å². The molecule has 0 amide bonds. The van der Waals surface area contributed by atoms with Gasteiger partial charge in [0.05, 0.1) is 14.2 Å². The van der Waals surface area contributed by atoms with Gasteiger partial charge in [0.15, 0.2) is 11.5 Å². The highest BCUT2D eigenvalue weighted by atomic mass is 79.9. The topological polar surface area (TPSA) is 30.5 Å². The maximum absolute atomic E-state index is 5.36. The van der Waals surface area contributed by atoms with Gasteiger partial charge in [0, 0.05) is 11.0 Å². The lowest BCUT2D eigenvalue weighted by atomic mass is 9.91. The normalized spacial score (nSPS) is 20.1. The van der Waals surface area contributed by atoms with Crippen molar-refractivity contribution < 1.29 is 9.47 Å². The molecule has 2 rings (SSSR count). The number of halogens is 1. The van der Waals surface area contributed by atoms with Gasteiger partial charge in [-0.2, -0.15) is 0 Å². The van der Waals surface area contributed by atoms with Crippen LogP contribution < -0.4 is 14.8 Å². The van der Waals surface area contributed by atoms with Crippen molar-refractivity contribution in [1.29, 1.82) is 0 Å². The number of rotatable bonds is 3. The van der Waals surface area contributed by atoms with E-state index in [0.29, 0.717) is 5.92 Å². The minimum Gasteiger partial charge on any atom is -0.493 e. The zero-order valence-electron chi connectivity index (χ0n) is 10.3. The van der Waals surface area contributed by atoms with E-state index in [2.05, 4.69) is 27.3 Å². The van der Waals surface area contributed by atoms with Crippen molar-refractivity contribution in [3.8, 4) is 11.5 Å². The molecule has 0 aromatic heterocycles. The summed E-state index contributed by atoms with van der Waals surface area (Å²) in [5.74, 6) is 2.13. The fraction of sp³-hybridized carbons (Fsp3) is 0.538. The Morgan fingerprint density at radius 2 is 1.94 bits per heavy atom. The van der Waals surface area contributed by atoms with Crippen LogP contribution in [-0.4, -0.2) is 27.3 Å². The van der Waals surface area contributed by atoms with Gasteiger partial charge < -0.3 is 14.8 Å². The van der Waals surface area contributed by atoms with Gasteiger partial charge >= 0.3 is 0 Å². The Morgan fingerprint density at radius 1 is 1.24 bits per heavy atom. The van der Waals surface area contributed by atoms with E-state index in [0.717, 1.165) is 29.1 Å². The molecular weight excluding hydrogens is 282 g/mol. The van der Waals surface area contributed by atoms with E-state index in [9.17, 15) is 0 Å².